The minimum Gasteiger partial charge on any atom is -0.369 e. The predicted octanol–water partition coefficient (Wildman–Crippen LogP) is 3.68. The van der Waals surface area contributed by atoms with Gasteiger partial charge in [-0.05, 0) is 30.9 Å². The van der Waals surface area contributed by atoms with Crippen LogP contribution in [0.15, 0.2) is 30.7 Å². The van der Waals surface area contributed by atoms with Crippen LogP contribution in [0.5, 0.6) is 0 Å². The van der Waals surface area contributed by atoms with Crippen molar-refractivity contribution in [1.82, 2.24) is 19.9 Å². The molecule has 0 radical (unpaired) electrons. The van der Waals surface area contributed by atoms with E-state index in [0.717, 1.165) is 22.2 Å². The molecule has 0 bridgehead atoms. The summed E-state index contributed by atoms with van der Waals surface area (Å²) in [5.41, 5.74) is 1.91. The molecule has 204 valence electrons. The third kappa shape index (κ3) is 5.51. The van der Waals surface area contributed by atoms with E-state index in [-0.39, 0.29) is 17.6 Å². The molecular weight excluding hydrogens is 509 g/mol. The summed E-state index contributed by atoms with van der Waals surface area (Å²) < 4.78 is 43.1. The molecule has 0 spiro atoms. The van der Waals surface area contributed by atoms with E-state index in [1.54, 1.807) is 17.2 Å². The number of rotatable bonds is 8. The van der Waals surface area contributed by atoms with Crippen molar-refractivity contribution >= 4 is 43.9 Å². The number of alkyl halides is 1. The first kappa shape index (κ1) is 26.5. The Morgan fingerprint density at radius 1 is 1.16 bits per heavy atom. The number of hydrogen-bond acceptors (Lipinski definition) is 10. The van der Waals surface area contributed by atoms with E-state index in [1.807, 2.05) is 18.5 Å². The second-order valence-corrected chi connectivity index (χ2v) is 12.7. The highest BCUT2D eigenvalue weighted by molar-refractivity contribution is 7.90. The number of halogens is 1. The Morgan fingerprint density at radius 2 is 1.95 bits per heavy atom. The zero-order chi connectivity index (χ0) is 27.0. The molecule has 2 atom stereocenters. The highest BCUT2D eigenvalue weighted by atomic mass is 32.2. The smallest absolute Gasteiger partial charge is 0.229 e. The van der Waals surface area contributed by atoms with Crippen LogP contribution < -0.4 is 15.1 Å². The number of nitrogens with zero attached hydrogens (tertiary/aromatic N) is 6. The molecule has 3 aromatic heterocycles. The third-order valence-electron chi connectivity index (χ3n) is 7.06. The van der Waals surface area contributed by atoms with E-state index in [1.165, 1.54) is 13.4 Å². The van der Waals surface area contributed by atoms with Gasteiger partial charge in [0.1, 0.15) is 27.6 Å². The van der Waals surface area contributed by atoms with E-state index < -0.39 is 22.2 Å². The highest BCUT2D eigenvalue weighted by Gasteiger charge is 2.33. The lowest BCUT2D eigenvalue weighted by Crippen LogP contribution is -2.49. The SMILES string of the molecule is COC1[C@@H](F)CCCN1c1nccc(Nc2cc3c(C(C)C)ncc(N4CC(CS(C)(=O)=O)C4)c3cn2)n1. The zero-order valence-electron chi connectivity index (χ0n) is 22.1. The van der Waals surface area contributed by atoms with E-state index in [0.29, 0.717) is 50.1 Å². The fraction of sp³-hybridized carbons (Fsp3) is 0.538. The van der Waals surface area contributed by atoms with E-state index in [4.69, 9.17) is 9.72 Å². The van der Waals surface area contributed by atoms with Crippen molar-refractivity contribution in [3.63, 3.8) is 0 Å². The predicted molar refractivity (Wildman–Crippen MR) is 147 cm³/mol. The molecule has 12 heteroatoms. The maximum Gasteiger partial charge on any atom is 0.229 e. The van der Waals surface area contributed by atoms with Gasteiger partial charge >= 0.3 is 0 Å². The second-order valence-electron chi connectivity index (χ2n) is 10.5. The van der Waals surface area contributed by atoms with Crippen molar-refractivity contribution in [2.24, 2.45) is 5.92 Å². The van der Waals surface area contributed by atoms with E-state index in [2.05, 4.69) is 39.0 Å². The number of methoxy groups -OCH3 is 1. The van der Waals surface area contributed by atoms with Gasteiger partial charge in [0.25, 0.3) is 0 Å². The Kier molecular flexibility index (Phi) is 7.36. The number of sulfone groups is 1. The van der Waals surface area contributed by atoms with E-state index in [9.17, 15) is 12.8 Å². The lowest BCUT2D eigenvalue weighted by atomic mass is 9.98. The first-order valence-electron chi connectivity index (χ1n) is 12.9. The van der Waals surface area contributed by atoms with Crippen LogP contribution in [0.3, 0.4) is 0 Å². The maximum atomic E-state index is 14.4. The van der Waals surface area contributed by atoms with Gasteiger partial charge in [0, 0.05) is 62.1 Å². The van der Waals surface area contributed by atoms with E-state index >= 15 is 0 Å². The minimum atomic E-state index is -3.01. The summed E-state index contributed by atoms with van der Waals surface area (Å²) in [6.07, 6.45) is 5.95. The molecule has 2 aliphatic heterocycles. The van der Waals surface area contributed by atoms with Gasteiger partial charge in [-0.2, -0.15) is 4.98 Å². The molecule has 0 amide bonds. The highest BCUT2D eigenvalue weighted by Crippen LogP contribution is 2.36. The van der Waals surface area contributed by atoms with Gasteiger partial charge in [-0.15, -0.1) is 0 Å². The molecule has 0 aliphatic carbocycles. The molecular formula is C26H34FN7O3S. The number of hydrogen-bond donors (Lipinski definition) is 1. The Labute approximate surface area is 222 Å². The average molecular weight is 544 g/mol. The summed E-state index contributed by atoms with van der Waals surface area (Å²) >= 11 is 0. The van der Waals surface area contributed by atoms with Gasteiger partial charge in [-0.3, -0.25) is 4.98 Å². The maximum absolute atomic E-state index is 14.4. The van der Waals surface area contributed by atoms with Crippen molar-refractivity contribution in [1.29, 1.82) is 0 Å². The lowest BCUT2D eigenvalue weighted by molar-refractivity contribution is 0.0120. The summed E-state index contributed by atoms with van der Waals surface area (Å²) in [5, 5.41) is 5.21. The molecule has 5 heterocycles. The molecule has 38 heavy (non-hydrogen) atoms. The van der Waals surface area contributed by atoms with Crippen molar-refractivity contribution < 1.29 is 17.5 Å². The second kappa shape index (κ2) is 10.6. The average Bonchev–Trinajstić information content (AvgIpc) is 2.84. The Balaban J connectivity index is 1.41. The topological polar surface area (TPSA) is 113 Å². The Hall–Kier alpha value is -3.12. The number of pyridine rings is 2. The summed E-state index contributed by atoms with van der Waals surface area (Å²) in [6.45, 7) is 6.16. The molecule has 3 aromatic rings. The van der Waals surface area contributed by atoms with Crippen LogP contribution in [0.25, 0.3) is 10.8 Å². The molecule has 2 saturated heterocycles. The lowest BCUT2D eigenvalue weighted by Gasteiger charge is -2.41. The fourth-order valence-corrected chi connectivity index (χ4v) is 6.39. The monoisotopic (exact) mass is 543 g/mol. The van der Waals surface area contributed by atoms with Crippen LogP contribution >= 0.6 is 0 Å². The Morgan fingerprint density at radius 3 is 2.66 bits per heavy atom. The van der Waals surface area contributed by atoms with Crippen LogP contribution in [0.1, 0.15) is 38.3 Å². The van der Waals surface area contributed by atoms with Crippen LogP contribution in [0.4, 0.5) is 27.7 Å². The fourth-order valence-electron chi connectivity index (χ4n) is 5.32. The van der Waals surface area contributed by atoms with Crippen LogP contribution in [0, 0.1) is 5.92 Å². The summed E-state index contributed by atoms with van der Waals surface area (Å²) in [4.78, 5) is 22.3. The standard InChI is InChI=1S/C26H34FN7O3S/c1-16(2)24-18-10-23(29-11-19(18)21(12-30-24)33-13-17(14-33)15-38(4,35)36)31-22-7-8-28-26(32-22)34-9-5-6-20(27)25(34)37-3/h7-8,10-12,16-17,20,25H,5-6,9,13-15H2,1-4H3,(H,28,29,31,32)/t20-,25?/m0/s1. The number of anilines is 4. The molecule has 1 N–H and O–H groups in total. The van der Waals surface area contributed by atoms with Crippen molar-refractivity contribution in [3.8, 4) is 0 Å². The van der Waals surface area contributed by atoms with Crippen molar-refractivity contribution in [2.75, 3.05) is 53.9 Å². The minimum absolute atomic E-state index is 0.121. The molecule has 5 rings (SSSR count). The van der Waals surface area contributed by atoms with Gasteiger partial charge in [-0.1, -0.05) is 13.8 Å². The van der Waals surface area contributed by atoms with Gasteiger partial charge in [-0.25, -0.2) is 22.8 Å². The summed E-state index contributed by atoms with van der Waals surface area (Å²) in [6, 6.07) is 3.71. The molecule has 0 saturated carbocycles. The first-order valence-corrected chi connectivity index (χ1v) is 14.9. The summed E-state index contributed by atoms with van der Waals surface area (Å²) in [7, 11) is -1.51. The largest absolute Gasteiger partial charge is 0.369 e. The zero-order valence-corrected chi connectivity index (χ0v) is 22.9. The van der Waals surface area contributed by atoms with Crippen LogP contribution in [-0.2, 0) is 14.6 Å². The Bertz CT molecular complexity index is 1420. The quantitative estimate of drug-likeness (QED) is 0.451. The van der Waals surface area contributed by atoms with Crippen molar-refractivity contribution in [2.45, 2.75) is 45.0 Å². The first-order chi connectivity index (χ1) is 18.1. The van der Waals surface area contributed by atoms with Gasteiger partial charge < -0.3 is 19.9 Å². The number of aromatic nitrogens is 4. The normalized spacial score (nSPS) is 20.7. The van der Waals surface area contributed by atoms with Crippen molar-refractivity contribution in [3.05, 3.63) is 36.4 Å². The number of nitrogens with one attached hydrogen (secondary N) is 1. The molecule has 0 aromatic carbocycles. The van der Waals surface area contributed by atoms with Gasteiger partial charge in [0.05, 0.1) is 23.3 Å². The molecule has 1 unspecified atom stereocenters. The molecule has 2 aliphatic rings. The third-order valence-corrected chi connectivity index (χ3v) is 8.13. The molecule has 10 nitrogen and oxygen atoms in total. The van der Waals surface area contributed by atoms with Crippen LogP contribution in [-0.4, -0.2) is 79.5 Å². The molecule has 2 fully saturated rings. The number of fused-ring (bicyclic) bond motifs is 1. The van der Waals surface area contributed by atoms with Crippen LogP contribution in [0.2, 0.25) is 0 Å². The number of ether oxygens (including phenoxy) is 1. The summed E-state index contributed by atoms with van der Waals surface area (Å²) in [5.74, 6) is 2.06. The van der Waals surface area contributed by atoms with Gasteiger partial charge in [0.15, 0.2) is 6.23 Å². The van der Waals surface area contributed by atoms with Gasteiger partial charge in [0.2, 0.25) is 5.95 Å². The number of piperidine rings is 1.